The van der Waals surface area contributed by atoms with Gasteiger partial charge in [0, 0.05) is 5.69 Å². The molecule has 0 radical (unpaired) electrons. The number of carboxylic acid groups (broad SMARTS) is 1. The van der Waals surface area contributed by atoms with Gasteiger partial charge in [-0.2, -0.15) is 0 Å². The Morgan fingerprint density at radius 2 is 2.33 bits per heavy atom. The molecule has 2 N–H and O–H groups in total. The molecule has 0 atom stereocenters. The van der Waals surface area contributed by atoms with Crippen molar-refractivity contribution in [2.75, 3.05) is 5.32 Å². The van der Waals surface area contributed by atoms with Crippen LogP contribution in [0.15, 0.2) is 28.9 Å². The average molecular weight is 271 g/mol. The van der Waals surface area contributed by atoms with Crippen LogP contribution in [-0.4, -0.2) is 16.2 Å². The third kappa shape index (κ3) is 2.60. The van der Waals surface area contributed by atoms with Crippen molar-refractivity contribution in [3.05, 3.63) is 46.6 Å². The van der Waals surface area contributed by atoms with E-state index in [9.17, 15) is 9.18 Å². The number of halogens is 2. The fourth-order valence-electron chi connectivity index (χ4n) is 1.35. The number of carboxylic acids is 1. The molecule has 0 unspecified atom stereocenters. The second-order valence-electron chi connectivity index (χ2n) is 3.45. The molecule has 1 aromatic heterocycles. The van der Waals surface area contributed by atoms with Gasteiger partial charge >= 0.3 is 5.97 Å². The first-order valence-corrected chi connectivity index (χ1v) is 5.31. The Hall–Kier alpha value is -2.08. The van der Waals surface area contributed by atoms with Crippen molar-refractivity contribution in [1.29, 1.82) is 0 Å². The topological polar surface area (TPSA) is 75.4 Å². The third-order valence-electron chi connectivity index (χ3n) is 2.25. The van der Waals surface area contributed by atoms with Crippen molar-refractivity contribution in [2.45, 2.75) is 6.54 Å². The summed E-state index contributed by atoms with van der Waals surface area (Å²) in [4.78, 5) is 10.8. The second kappa shape index (κ2) is 5.05. The Balaban J connectivity index is 2.09. The summed E-state index contributed by atoms with van der Waals surface area (Å²) in [5.74, 6) is -1.52. The zero-order valence-corrected chi connectivity index (χ0v) is 9.74. The van der Waals surface area contributed by atoms with E-state index in [0.717, 1.165) is 6.20 Å². The summed E-state index contributed by atoms with van der Waals surface area (Å²) in [5, 5.41) is 15.1. The fraction of sp³-hybridized carbons (Fsp3) is 0.0909. The Kier molecular flexibility index (Phi) is 3.47. The van der Waals surface area contributed by atoms with Crippen molar-refractivity contribution in [1.82, 2.24) is 5.16 Å². The van der Waals surface area contributed by atoms with Crippen molar-refractivity contribution >= 4 is 23.3 Å². The van der Waals surface area contributed by atoms with Gasteiger partial charge in [0.05, 0.1) is 17.8 Å². The van der Waals surface area contributed by atoms with Crippen LogP contribution in [0, 0.1) is 5.82 Å². The molecular weight excluding hydrogens is 263 g/mol. The molecule has 1 heterocycles. The van der Waals surface area contributed by atoms with E-state index < -0.39 is 11.8 Å². The molecule has 0 spiro atoms. The van der Waals surface area contributed by atoms with E-state index in [1.54, 1.807) is 6.07 Å². The van der Waals surface area contributed by atoms with Gasteiger partial charge in [0.25, 0.3) is 0 Å². The van der Waals surface area contributed by atoms with Gasteiger partial charge in [-0.1, -0.05) is 16.8 Å². The Labute approximate surface area is 106 Å². The third-order valence-corrected chi connectivity index (χ3v) is 2.55. The summed E-state index contributed by atoms with van der Waals surface area (Å²) in [6.07, 6.45) is 1.11. The van der Waals surface area contributed by atoms with Crippen LogP contribution < -0.4 is 5.32 Å². The highest BCUT2D eigenvalue weighted by Crippen LogP contribution is 2.19. The van der Waals surface area contributed by atoms with Gasteiger partial charge in [-0.15, -0.1) is 0 Å². The van der Waals surface area contributed by atoms with Crippen molar-refractivity contribution in [2.24, 2.45) is 0 Å². The van der Waals surface area contributed by atoms with Crippen LogP contribution in [0.5, 0.6) is 0 Å². The fourth-order valence-corrected chi connectivity index (χ4v) is 1.47. The molecule has 0 amide bonds. The largest absolute Gasteiger partial charge is 0.478 e. The second-order valence-corrected chi connectivity index (χ2v) is 3.86. The molecule has 0 aliphatic carbocycles. The Morgan fingerprint density at radius 1 is 1.56 bits per heavy atom. The van der Waals surface area contributed by atoms with Gasteiger partial charge in [0.2, 0.25) is 0 Å². The molecule has 0 fully saturated rings. The number of rotatable bonds is 4. The van der Waals surface area contributed by atoms with Gasteiger partial charge in [0.1, 0.15) is 11.4 Å². The summed E-state index contributed by atoms with van der Waals surface area (Å²) < 4.78 is 17.9. The first-order valence-electron chi connectivity index (χ1n) is 4.93. The van der Waals surface area contributed by atoms with Crippen molar-refractivity contribution in [3.8, 4) is 0 Å². The molecule has 0 bridgehead atoms. The molecule has 2 rings (SSSR count). The zero-order chi connectivity index (χ0) is 13.1. The van der Waals surface area contributed by atoms with Crippen LogP contribution in [0.4, 0.5) is 10.1 Å². The molecule has 2 aromatic rings. The maximum atomic E-state index is 13.2. The molecule has 0 aliphatic rings. The smallest absolute Gasteiger partial charge is 0.341 e. The van der Waals surface area contributed by atoms with E-state index >= 15 is 0 Å². The highest BCUT2D eigenvalue weighted by Gasteiger charge is 2.14. The van der Waals surface area contributed by atoms with Gasteiger partial charge in [-0.25, -0.2) is 9.18 Å². The van der Waals surface area contributed by atoms with E-state index in [1.165, 1.54) is 12.1 Å². The molecule has 7 heteroatoms. The number of hydrogen-bond acceptors (Lipinski definition) is 4. The minimum Gasteiger partial charge on any atom is -0.478 e. The summed E-state index contributed by atoms with van der Waals surface area (Å²) >= 11 is 5.54. The summed E-state index contributed by atoms with van der Waals surface area (Å²) in [6.45, 7) is 0.0860. The number of nitrogens with one attached hydrogen (secondary N) is 1. The highest BCUT2D eigenvalue weighted by molar-refractivity contribution is 6.30. The molecule has 1 aromatic carbocycles. The number of aromatic nitrogens is 1. The molecule has 0 saturated heterocycles. The standard InChI is InChI=1S/C11H8ClFN2O3/c12-8-2-1-6(3-9(8)13)14-5-10-7(11(16)17)4-15-18-10/h1-4,14H,5H2,(H,16,17). The van der Waals surface area contributed by atoms with Crippen LogP contribution in [0.25, 0.3) is 0 Å². The predicted octanol–water partition coefficient (Wildman–Crippen LogP) is 2.78. The summed E-state index contributed by atoms with van der Waals surface area (Å²) in [7, 11) is 0. The normalized spacial score (nSPS) is 10.3. The first kappa shape index (κ1) is 12.4. The number of carbonyl (C=O) groups is 1. The monoisotopic (exact) mass is 270 g/mol. The molecule has 0 saturated carbocycles. The lowest BCUT2D eigenvalue weighted by Gasteiger charge is -2.05. The van der Waals surface area contributed by atoms with E-state index in [-0.39, 0.29) is 22.9 Å². The zero-order valence-electron chi connectivity index (χ0n) is 8.98. The minimum atomic E-state index is -1.13. The van der Waals surface area contributed by atoms with E-state index in [2.05, 4.69) is 10.5 Å². The van der Waals surface area contributed by atoms with Crippen LogP contribution in [0.2, 0.25) is 5.02 Å². The highest BCUT2D eigenvalue weighted by atomic mass is 35.5. The van der Waals surface area contributed by atoms with Crippen LogP contribution in [0.3, 0.4) is 0 Å². The number of benzene rings is 1. The maximum Gasteiger partial charge on any atom is 0.341 e. The van der Waals surface area contributed by atoms with Crippen LogP contribution in [-0.2, 0) is 6.54 Å². The van der Waals surface area contributed by atoms with E-state index in [4.69, 9.17) is 21.2 Å². The lowest BCUT2D eigenvalue weighted by Crippen LogP contribution is -2.04. The average Bonchev–Trinajstić information content (AvgIpc) is 2.79. The van der Waals surface area contributed by atoms with E-state index in [1.807, 2.05) is 0 Å². The first-order chi connectivity index (χ1) is 8.58. The van der Waals surface area contributed by atoms with Gasteiger partial charge in [-0.3, -0.25) is 0 Å². The predicted molar refractivity (Wildman–Crippen MR) is 62.2 cm³/mol. The lowest BCUT2D eigenvalue weighted by molar-refractivity contribution is 0.0694. The van der Waals surface area contributed by atoms with Crippen molar-refractivity contribution in [3.63, 3.8) is 0 Å². The minimum absolute atomic E-state index is 0.0199. The van der Waals surface area contributed by atoms with Crippen molar-refractivity contribution < 1.29 is 18.8 Å². The maximum absolute atomic E-state index is 13.2. The molecule has 94 valence electrons. The lowest BCUT2D eigenvalue weighted by atomic mass is 10.2. The number of anilines is 1. The molecule has 5 nitrogen and oxygen atoms in total. The Morgan fingerprint density at radius 3 is 3.00 bits per heavy atom. The number of aromatic carboxylic acids is 1. The van der Waals surface area contributed by atoms with Gasteiger partial charge in [0.15, 0.2) is 5.76 Å². The van der Waals surface area contributed by atoms with Crippen LogP contribution in [0.1, 0.15) is 16.1 Å². The Bertz CT molecular complexity index is 585. The molecular formula is C11H8ClFN2O3. The number of hydrogen-bond donors (Lipinski definition) is 2. The van der Waals surface area contributed by atoms with Gasteiger partial charge < -0.3 is 14.9 Å². The summed E-state index contributed by atoms with van der Waals surface area (Å²) in [5.41, 5.74) is 0.432. The van der Waals surface area contributed by atoms with Gasteiger partial charge in [-0.05, 0) is 18.2 Å². The summed E-state index contributed by atoms with van der Waals surface area (Å²) in [6, 6.07) is 4.18. The SMILES string of the molecule is O=C(O)c1cnoc1CNc1ccc(Cl)c(F)c1. The molecule has 18 heavy (non-hydrogen) atoms. The molecule has 0 aliphatic heterocycles. The van der Waals surface area contributed by atoms with Crippen LogP contribution >= 0.6 is 11.6 Å². The van der Waals surface area contributed by atoms with E-state index in [0.29, 0.717) is 5.69 Å². The quantitative estimate of drug-likeness (QED) is 0.893. The number of nitrogens with zero attached hydrogens (tertiary/aromatic N) is 1.